The second-order valence-electron chi connectivity index (χ2n) is 4.95. The number of amides is 1. The Morgan fingerprint density at radius 3 is 2.65 bits per heavy atom. The van der Waals surface area contributed by atoms with Gasteiger partial charge in [-0.2, -0.15) is 15.4 Å². The lowest BCUT2D eigenvalue weighted by molar-refractivity contribution is -0.137. The first-order valence-electron chi connectivity index (χ1n) is 6.30. The summed E-state index contributed by atoms with van der Waals surface area (Å²) in [5.74, 6) is -1.21. The highest BCUT2D eigenvalue weighted by Gasteiger charge is 2.20. The highest BCUT2D eigenvalue weighted by Crippen LogP contribution is 2.12. The minimum absolute atomic E-state index is 0.0332. The van der Waals surface area contributed by atoms with E-state index in [1.54, 1.807) is 18.2 Å². The molecule has 2 rings (SSSR count). The number of benzene rings is 1. The van der Waals surface area contributed by atoms with Crippen molar-refractivity contribution in [2.24, 2.45) is 5.92 Å². The summed E-state index contributed by atoms with van der Waals surface area (Å²) in [6, 6.07) is 4.54. The van der Waals surface area contributed by atoms with Crippen LogP contribution in [0.5, 0.6) is 0 Å². The summed E-state index contributed by atoms with van der Waals surface area (Å²) in [6.07, 6.45) is -0.102. The van der Waals surface area contributed by atoms with Crippen LogP contribution in [-0.4, -0.2) is 38.4 Å². The molecular formula is C13H16N4O3. The summed E-state index contributed by atoms with van der Waals surface area (Å²) in [4.78, 5) is 22.9. The van der Waals surface area contributed by atoms with E-state index >= 15 is 0 Å². The third-order valence-electron chi connectivity index (χ3n) is 3.09. The molecule has 1 amide bonds. The number of nitrogens with zero attached hydrogens (tertiary/aromatic N) is 2. The summed E-state index contributed by atoms with van der Waals surface area (Å²) in [5, 5.41) is 21.9. The molecule has 0 saturated heterocycles. The van der Waals surface area contributed by atoms with E-state index < -0.39 is 12.0 Å². The highest BCUT2D eigenvalue weighted by atomic mass is 16.4. The van der Waals surface area contributed by atoms with Crippen molar-refractivity contribution in [3.8, 4) is 0 Å². The van der Waals surface area contributed by atoms with Gasteiger partial charge >= 0.3 is 5.97 Å². The van der Waals surface area contributed by atoms with Gasteiger partial charge in [0.2, 0.25) is 0 Å². The van der Waals surface area contributed by atoms with Crippen LogP contribution in [0, 0.1) is 5.92 Å². The Labute approximate surface area is 115 Å². The monoisotopic (exact) mass is 276 g/mol. The zero-order valence-electron chi connectivity index (χ0n) is 11.3. The van der Waals surface area contributed by atoms with Gasteiger partial charge in [0.1, 0.15) is 11.0 Å². The van der Waals surface area contributed by atoms with E-state index in [0.29, 0.717) is 16.6 Å². The SMILES string of the molecule is CC(C)C(CC(=O)O)NC(=O)c1ccc2n[nH]nc2c1. The van der Waals surface area contributed by atoms with Gasteiger partial charge in [-0.05, 0) is 24.1 Å². The Morgan fingerprint density at radius 1 is 1.30 bits per heavy atom. The Morgan fingerprint density at radius 2 is 2.00 bits per heavy atom. The Bertz CT molecular complexity index is 635. The average molecular weight is 276 g/mol. The number of rotatable bonds is 5. The topological polar surface area (TPSA) is 108 Å². The minimum atomic E-state index is -0.934. The van der Waals surface area contributed by atoms with E-state index in [0.717, 1.165) is 0 Å². The van der Waals surface area contributed by atoms with Crippen molar-refractivity contribution in [2.75, 3.05) is 0 Å². The van der Waals surface area contributed by atoms with Crippen molar-refractivity contribution in [2.45, 2.75) is 26.3 Å². The Hall–Kier alpha value is -2.44. The summed E-state index contributed by atoms with van der Waals surface area (Å²) >= 11 is 0. The van der Waals surface area contributed by atoms with E-state index in [4.69, 9.17) is 5.11 Å². The summed E-state index contributed by atoms with van der Waals surface area (Å²) < 4.78 is 0. The fourth-order valence-corrected chi connectivity index (χ4v) is 1.87. The van der Waals surface area contributed by atoms with Crippen molar-refractivity contribution in [3.63, 3.8) is 0 Å². The Kier molecular flexibility index (Phi) is 3.97. The maximum absolute atomic E-state index is 12.1. The smallest absolute Gasteiger partial charge is 0.305 e. The average Bonchev–Trinajstić information content (AvgIpc) is 2.84. The number of hydrogen-bond donors (Lipinski definition) is 3. The van der Waals surface area contributed by atoms with Crippen molar-refractivity contribution in [1.29, 1.82) is 0 Å². The first-order chi connectivity index (χ1) is 9.47. The normalized spacial score (nSPS) is 12.6. The second-order valence-corrected chi connectivity index (χ2v) is 4.95. The molecule has 0 saturated carbocycles. The number of fused-ring (bicyclic) bond motifs is 1. The summed E-state index contributed by atoms with van der Waals surface area (Å²) in [7, 11) is 0. The lowest BCUT2D eigenvalue weighted by Crippen LogP contribution is -2.40. The number of carboxylic acid groups (broad SMARTS) is 1. The van der Waals surface area contributed by atoms with E-state index in [2.05, 4.69) is 20.7 Å². The lowest BCUT2D eigenvalue weighted by Gasteiger charge is -2.20. The predicted octanol–water partition coefficient (Wildman–Crippen LogP) is 1.19. The van der Waals surface area contributed by atoms with Gasteiger partial charge < -0.3 is 10.4 Å². The predicted molar refractivity (Wildman–Crippen MR) is 72.2 cm³/mol. The molecule has 0 radical (unpaired) electrons. The molecule has 0 fully saturated rings. The highest BCUT2D eigenvalue weighted by molar-refractivity contribution is 5.97. The van der Waals surface area contributed by atoms with Crippen LogP contribution in [0.2, 0.25) is 0 Å². The number of carbonyl (C=O) groups excluding carboxylic acids is 1. The maximum atomic E-state index is 12.1. The molecule has 0 aliphatic rings. The summed E-state index contributed by atoms with van der Waals surface area (Å²) in [5.41, 5.74) is 1.70. The van der Waals surface area contributed by atoms with Gasteiger partial charge in [0.15, 0.2) is 0 Å². The van der Waals surface area contributed by atoms with Gasteiger partial charge in [-0.15, -0.1) is 0 Å². The van der Waals surface area contributed by atoms with Crippen LogP contribution in [0.4, 0.5) is 0 Å². The van der Waals surface area contributed by atoms with Crippen LogP contribution in [0.25, 0.3) is 11.0 Å². The van der Waals surface area contributed by atoms with Crippen LogP contribution in [0.1, 0.15) is 30.6 Å². The molecule has 106 valence electrons. The van der Waals surface area contributed by atoms with Gasteiger partial charge in [0.25, 0.3) is 5.91 Å². The number of aromatic nitrogens is 3. The molecule has 0 aliphatic heterocycles. The lowest BCUT2D eigenvalue weighted by atomic mass is 10.0. The number of carbonyl (C=O) groups is 2. The molecule has 1 aromatic heterocycles. The number of aromatic amines is 1. The number of aliphatic carboxylic acids is 1. The number of hydrogen-bond acceptors (Lipinski definition) is 4. The molecule has 0 bridgehead atoms. The molecule has 7 heteroatoms. The van der Waals surface area contributed by atoms with Gasteiger partial charge in [0.05, 0.1) is 6.42 Å². The molecule has 1 atom stereocenters. The number of H-pyrrole nitrogens is 1. The molecule has 20 heavy (non-hydrogen) atoms. The van der Waals surface area contributed by atoms with Crippen LogP contribution in [-0.2, 0) is 4.79 Å². The molecule has 0 spiro atoms. The zero-order chi connectivity index (χ0) is 14.7. The van der Waals surface area contributed by atoms with E-state index in [-0.39, 0.29) is 18.2 Å². The molecule has 1 heterocycles. The fraction of sp³-hybridized carbons (Fsp3) is 0.385. The first-order valence-corrected chi connectivity index (χ1v) is 6.30. The second kappa shape index (κ2) is 5.68. The quantitative estimate of drug-likeness (QED) is 0.760. The fourth-order valence-electron chi connectivity index (χ4n) is 1.87. The van der Waals surface area contributed by atoms with Crippen molar-refractivity contribution < 1.29 is 14.7 Å². The number of carboxylic acids is 1. The van der Waals surface area contributed by atoms with Crippen molar-refractivity contribution >= 4 is 22.9 Å². The zero-order valence-corrected chi connectivity index (χ0v) is 11.3. The minimum Gasteiger partial charge on any atom is -0.481 e. The molecule has 7 nitrogen and oxygen atoms in total. The molecule has 1 aromatic carbocycles. The van der Waals surface area contributed by atoms with Gasteiger partial charge in [-0.1, -0.05) is 13.8 Å². The largest absolute Gasteiger partial charge is 0.481 e. The van der Waals surface area contributed by atoms with Crippen molar-refractivity contribution in [1.82, 2.24) is 20.7 Å². The third-order valence-corrected chi connectivity index (χ3v) is 3.09. The third kappa shape index (κ3) is 3.11. The molecule has 3 N–H and O–H groups in total. The van der Waals surface area contributed by atoms with Crippen LogP contribution in [0.15, 0.2) is 18.2 Å². The van der Waals surface area contributed by atoms with Gasteiger partial charge in [0, 0.05) is 11.6 Å². The van der Waals surface area contributed by atoms with E-state index in [1.807, 2.05) is 13.8 Å². The van der Waals surface area contributed by atoms with Crippen LogP contribution in [0.3, 0.4) is 0 Å². The molecular weight excluding hydrogens is 260 g/mol. The Balaban J connectivity index is 2.14. The van der Waals surface area contributed by atoms with Gasteiger partial charge in [-0.25, -0.2) is 0 Å². The molecule has 1 unspecified atom stereocenters. The summed E-state index contributed by atoms with van der Waals surface area (Å²) in [6.45, 7) is 3.74. The van der Waals surface area contributed by atoms with Crippen LogP contribution < -0.4 is 5.32 Å². The first kappa shape index (κ1) is 14.0. The maximum Gasteiger partial charge on any atom is 0.305 e. The molecule has 0 aliphatic carbocycles. The number of nitrogens with one attached hydrogen (secondary N) is 2. The standard InChI is InChI=1S/C13H16N4O3/c1-7(2)10(6-12(18)19)14-13(20)8-3-4-9-11(5-8)16-17-15-9/h3-5,7,10H,6H2,1-2H3,(H,14,20)(H,18,19)(H,15,16,17). The van der Waals surface area contributed by atoms with Gasteiger partial charge in [-0.3, -0.25) is 9.59 Å². The van der Waals surface area contributed by atoms with E-state index in [9.17, 15) is 9.59 Å². The van der Waals surface area contributed by atoms with E-state index in [1.165, 1.54) is 0 Å². The van der Waals surface area contributed by atoms with Crippen molar-refractivity contribution in [3.05, 3.63) is 23.8 Å². The van der Waals surface area contributed by atoms with Crippen LogP contribution >= 0.6 is 0 Å². The molecule has 2 aromatic rings.